The number of benzene rings is 2. The van der Waals surface area contributed by atoms with Gasteiger partial charge in [0.25, 0.3) is 5.91 Å². The van der Waals surface area contributed by atoms with Crippen LogP contribution in [0.4, 0.5) is 17.2 Å². The second kappa shape index (κ2) is 10.0. The number of anilines is 3. The lowest BCUT2D eigenvalue weighted by atomic mass is 10.1. The van der Waals surface area contributed by atoms with E-state index in [0.717, 1.165) is 25.2 Å². The highest BCUT2D eigenvalue weighted by Crippen LogP contribution is 2.15. The molecule has 29 heavy (non-hydrogen) atoms. The van der Waals surface area contributed by atoms with Crippen molar-refractivity contribution < 1.29 is 9.59 Å². The van der Waals surface area contributed by atoms with E-state index in [9.17, 15) is 9.59 Å². The smallest absolute Gasteiger partial charge is 0.257 e. The normalized spacial score (nSPS) is 10.2. The van der Waals surface area contributed by atoms with E-state index in [1.807, 2.05) is 18.2 Å². The van der Waals surface area contributed by atoms with Gasteiger partial charge < -0.3 is 16.0 Å². The van der Waals surface area contributed by atoms with Gasteiger partial charge in [-0.05, 0) is 54.8 Å². The zero-order chi connectivity index (χ0) is 20.5. The van der Waals surface area contributed by atoms with Crippen LogP contribution in [0.15, 0.2) is 72.9 Å². The molecule has 2 amide bonds. The number of hydrogen-bond acceptors (Lipinski definition) is 4. The molecule has 3 rings (SSSR count). The van der Waals surface area contributed by atoms with Crippen LogP contribution in [0.2, 0.25) is 0 Å². The van der Waals surface area contributed by atoms with Gasteiger partial charge in [-0.15, -0.1) is 0 Å². The molecule has 6 nitrogen and oxygen atoms in total. The average molecular weight is 388 g/mol. The lowest BCUT2D eigenvalue weighted by Crippen LogP contribution is -2.13. The van der Waals surface area contributed by atoms with Crippen molar-refractivity contribution in [3.63, 3.8) is 0 Å². The Morgan fingerprint density at radius 3 is 2.17 bits per heavy atom. The standard InChI is InChI=1S/C23H24N4O2/c1-17(28)26-20-10-12-21(13-11-20)27-23(29)19-9-14-22(25-16-19)24-15-5-8-18-6-3-2-4-7-18/h2-4,6-7,9-14,16H,5,8,15H2,1H3,(H,24,25)(H,26,28)(H,27,29). The Morgan fingerprint density at radius 1 is 0.862 bits per heavy atom. The first-order chi connectivity index (χ1) is 14.1. The first kappa shape index (κ1) is 20.1. The number of nitrogens with zero attached hydrogens (tertiary/aromatic N) is 1. The Bertz CT molecular complexity index is 939. The molecule has 0 bridgehead atoms. The molecule has 0 aliphatic heterocycles. The number of carbonyl (C=O) groups is 2. The minimum atomic E-state index is -0.236. The summed E-state index contributed by atoms with van der Waals surface area (Å²) >= 11 is 0. The highest BCUT2D eigenvalue weighted by Gasteiger charge is 2.07. The van der Waals surface area contributed by atoms with E-state index in [0.29, 0.717) is 16.9 Å². The Hall–Kier alpha value is -3.67. The van der Waals surface area contributed by atoms with Crippen molar-refractivity contribution in [1.82, 2.24) is 4.98 Å². The van der Waals surface area contributed by atoms with Crippen LogP contribution < -0.4 is 16.0 Å². The predicted octanol–water partition coefficient (Wildman–Crippen LogP) is 4.34. The van der Waals surface area contributed by atoms with E-state index in [1.165, 1.54) is 12.5 Å². The number of carbonyl (C=O) groups excluding carboxylic acids is 2. The van der Waals surface area contributed by atoms with E-state index in [2.05, 4.69) is 33.1 Å². The molecule has 0 atom stereocenters. The van der Waals surface area contributed by atoms with E-state index in [-0.39, 0.29) is 11.8 Å². The summed E-state index contributed by atoms with van der Waals surface area (Å²) in [6.45, 7) is 2.26. The number of pyridine rings is 1. The van der Waals surface area contributed by atoms with Crippen molar-refractivity contribution in [2.75, 3.05) is 22.5 Å². The molecule has 0 saturated heterocycles. The molecule has 1 aromatic heterocycles. The van der Waals surface area contributed by atoms with Gasteiger partial charge in [-0.2, -0.15) is 0 Å². The van der Waals surface area contributed by atoms with Gasteiger partial charge in [0, 0.05) is 31.0 Å². The fourth-order valence-corrected chi connectivity index (χ4v) is 2.83. The van der Waals surface area contributed by atoms with Crippen molar-refractivity contribution in [2.24, 2.45) is 0 Å². The highest BCUT2D eigenvalue weighted by molar-refractivity contribution is 6.04. The summed E-state index contributed by atoms with van der Waals surface area (Å²) in [5, 5.41) is 8.78. The van der Waals surface area contributed by atoms with Crippen LogP contribution in [0, 0.1) is 0 Å². The topological polar surface area (TPSA) is 83.1 Å². The number of aryl methyl sites for hydroxylation is 1. The van der Waals surface area contributed by atoms with Gasteiger partial charge in [0.15, 0.2) is 0 Å². The van der Waals surface area contributed by atoms with Gasteiger partial charge in [-0.25, -0.2) is 4.98 Å². The molecule has 6 heteroatoms. The molecular weight excluding hydrogens is 364 g/mol. The summed E-state index contributed by atoms with van der Waals surface area (Å²) in [5.41, 5.74) is 3.12. The molecule has 0 unspecified atom stereocenters. The third-order valence-electron chi connectivity index (χ3n) is 4.28. The van der Waals surface area contributed by atoms with Gasteiger partial charge in [0.1, 0.15) is 5.82 Å². The number of rotatable bonds is 8. The first-order valence-corrected chi connectivity index (χ1v) is 9.53. The summed E-state index contributed by atoms with van der Waals surface area (Å²) in [6.07, 6.45) is 3.57. The molecule has 0 aliphatic rings. The minimum Gasteiger partial charge on any atom is -0.370 e. The first-order valence-electron chi connectivity index (χ1n) is 9.53. The van der Waals surface area contributed by atoms with E-state index < -0.39 is 0 Å². The van der Waals surface area contributed by atoms with E-state index >= 15 is 0 Å². The van der Waals surface area contributed by atoms with Crippen molar-refractivity contribution in [3.8, 4) is 0 Å². The summed E-state index contributed by atoms with van der Waals surface area (Å²) < 4.78 is 0. The summed E-state index contributed by atoms with van der Waals surface area (Å²) in [7, 11) is 0. The number of aromatic nitrogens is 1. The molecule has 3 aromatic rings. The largest absolute Gasteiger partial charge is 0.370 e. The lowest BCUT2D eigenvalue weighted by molar-refractivity contribution is -0.114. The van der Waals surface area contributed by atoms with Gasteiger partial charge in [0.05, 0.1) is 5.56 Å². The lowest BCUT2D eigenvalue weighted by Gasteiger charge is -2.08. The fourth-order valence-electron chi connectivity index (χ4n) is 2.83. The van der Waals surface area contributed by atoms with E-state index in [1.54, 1.807) is 42.6 Å². The fraction of sp³-hybridized carbons (Fsp3) is 0.174. The zero-order valence-corrected chi connectivity index (χ0v) is 16.3. The molecule has 0 saturated carbocycles. The SMILES string of the molecule is CC(=O)Nc1ccc(NC(=O)c2ccc(NCCCc3ccccc3)nc2)cc1. The average Bonchev–Trinajstić information content (AvgIpc) is 2.73. The molecule has 2 aromatic carbocycles. The van der Waals surface area contributed by atoms with Gasteiger partial charge in [-0.3, -0.25) is 9.59 Å². The maximum atomic E-state index is 12.4. The molecule has 0 aliphatic carbocycles. The molecule has 0 spiro atoms. The Balaban J connectivity index is 1.46. The van der Waals surface area contributed by atoms with Crippen LogP contribution >= 0.6 is 0 Å². The quantitative estimate of drug-likeness (QED) is 0.501. The predicted molar refractivity (Wildman–Crippen MR) is 116 cm³/mol. The molecule has 0 fully saturated rings. The Kier molecular flexibility index (Phi) is 6.95. The highest BCUT2D eigenvalue weighted by atomic mass is 16.2. The summed E-state index contributed by atoms with van der Waals surface area (Å²) in [5.74, 6) is 0.372. The van der Waals surface area contributed by atoms with Gasteiger partial charge >= 0.3 is 0 Å². The van der Waals surface area contributed by atoms with Crippen LogP contribution in [-0.4, -0.2) is 23.3 Å². The monoisotopic (exact) mass is 388 g/mol. The molecule has 1 heterocycles. The van der Waals surface area contributed by atoms with Crippen molar-refractivity contribution >= 4 is 29.0 Å². The number of hydrogen-bond donors (Lipinski definition) is 3. The Morgan fingerprint density at radius 2 is 1.55 bits per heavy atom. The minimum absolute atomic E-state index is 0.137. The van der Waals surface area contributed by atoms with Gasteiger partial charge in [0.2, 0.25) is 5.91 Å². The third kappa shape index (κ3) is 6.46. The summed E-state index contributed by atoms with van der Waals surface area (Å²) in [4.78, 5) is 27.7. The maximum absolute atomic E-state index is 12.4. The molecule has 148 valence electrons. The van der Waals surface area contributed by atoms with Crippen molar-refractivity contribution in [1.29, 1.82) is 0 Å². The number of amides is 2. The Labute approximate surface area is 170 Å². The van der Waals surface area contributed by atoms with Crippen LogP contribution in [0.25, 0.3) is 0 Å². The molecule has 3 N–H and O–H groups in total. The van der Waals surface area contributed by atoms with Crippen molar-refractivity contribution in [2.45, 2.75) is 19.8 Å². The molecule has 0 radical (unpaired) electrons. The number of nitrogens with one attached hydrogen (secondary N) is 3. The van der Waals surface area contributed by atoms with Crippen LogP contribution in [0.1, 0.15) is 29.3 Å². The third-order valence-corrected chi connectivity index (χ3v) is 4.28. The van der Waals surface area contributed by atoms with Crippen molar-refractivity contribution in [3.05, 3.63) is 84.1 Å². The second-order valence-electron chi connectivity index (χ2n) is 6.66. The van der Waals surface area contributed by atoms with Crippen LogP contribution in [-0.2, 0) is 11.2 Å². The second-order valence-corrected chi connectivity index (χ2v) is 6.66. The molecular formula is C23H24N4O2. The van der Waals surface area contributed by atoms with Gasteiger partial charge in [-0.1, -0.05) is 30.3 Å². The summed E-state index contributed by atoms with van der Waals surface area (Å²) in [6, 6.07) is 20.8. The zero-order valence-electron chi connectivity index (χ0n) is 16.3. The van der Waals surface area contributed by atoms with Crippen LogP contribution in [0.5, 0.6) is 0 Å². The van der Waals surface area contributed by atoms with Crippen LogP contribution in [0.3, 0.4) is 0 Å². The van der Waals surface area contributed by atoms with E-state index in [4.69, 9.17) is 0 Å². The maximum Gasteiger partial charge on any atom is 0.257 e.